The largest absolute Gasteiger partial charge is 0.466 e. The van der Waals surface area contributed by atoms with Crippen LogP contribution in [0.5, 0.6) is 0 Å². The second kappa shape index (κ2) is 5.99. The highest BCUT2D eigenvalue weighted by atomic mass is 16.5. The van der Waals surface area contributed by atoms with E-state index in [9.17, 15) is 9.59 Å². The third-order valence-electron chi connectivity index (χ3n) is 2.86. The first kappa shape index (κ1) is 13.2. The normalized spacial score (nSPS) is 27.6. The Morgan fingerprint density at radius 3 is 2.81 bits per heavy atom. The molecule has 0 spiro atoms. The molecule has 1 aliphatic rings. The van der Waals surface area contributed by atoms with E-state index in [0.29, 0.717) is 25.9 Å². The lowest BCUT2D eigenvalue weighted by Crippen LogP contribution is -2.45. The van der Waals surface area contributed by atoms with Gasteiger partial charge in [0.1, 0.15) is 5.78 Å². The molecule has 92 valence electrons. The predicted octanol–water partition coefficient (Wildman–Crippen LogP) is 1.29. The summed E-state index contributed by atoms with van der Waals surface area (Å²) >= 11 is 0. The molecule has 1 heterocycles. The van der Waals surface area contributed by atoms with Gasteiger partial charge < -0.3 is 10.1 Å². The van der Waals surface area contributed by atoms with Gasteiger partial charge in [-0.05, 0) is 20.3 Å². The molecule has 0 aliphatic carbocycles. The molecule has 1 aliphatic heterocycles. The summed E-state index contributed by atoms with van der Waals surface area (Å²) in [4.78, 5) is 22.8. The lowest BCUT2D eigenvalue weighted by Gasteiger charge is -2.29. The van der Waals surface area contributed by atoms with Crippen molar-refractivity contribution >= 4 is 11.8 Å². The third-order valence-corrected chi connectivity index (χ3v) is 2.86. The van der Waals surface area contributed by atoms with E-state index in [1.165, 1.54) is 0 Å². The molecular formula is C12H21NO3. The highest BCUT2D eigenvalue weighted by Crippen LogP contribution is 2.17. The first-order valence-electron chi connectivity index (χ1n) is 5.97. The zero-order chi connectivity index (χ0) is 12.1. The van der Waals surface area contributed by atoms with E-state index >= 15 is 0 Å². The minimum atomic E-state index is -0.171. The second-order valence-electron chi connectivity index (χ2n) is 4.60. The van der Waals surface area contributed by atoms with Crippen LogP contribution in [0.2, 0.25) is 0 Å². The van der Waals surface area contributed by atoms with Crippen LogP contribution in [0.25, 0.3) is 0 Å². The molecule has 1 fully saturated rings. The topological polar surface area (TPSA) is 55.4 Å². The van der Waals surface area contributed by atoms with Crippen molar-refractivity contribution in [1.29, 1.82) is 0 Å². The highest BCUT2D eigenvalue weighted by Gasteiger charge is 2.27. The Kier molecular flexibility index (Phi) is 4.93. The van der Waals surface area contributed by atoms with Crippen molar-refractivity contribution < 1.29 is 14.3 Å². The van der Waals surface area contributed by atoms with E-state index in [1.807, 2.05) is 13.8 Å². The number of piperidine rings is 1. The van der Waals surface area contributed by atoms with Crippen LogP contribution in [0.15, 0.2) is 0 Å². The molecule has 3 atom stereocenters. The molecule has 0 radical (unpaired) electrons. The molecule has 0 aromatic carbocycles. The summed E-state index contributed by atoms with van der Waals surface area (Å²) in [7, 11) is 0. The van der Waals surface area contributed by atoms with Gasteiger partial charge in [0.05, 0.1) is 12.5 Å². The minimum Gasteiger partial charge on any atom is -0.466 e. The molecule has 1 N–H and O–H groups in total. The van der Waals surface area contributed by atoms with Crippen LogP contribution < -0.4 is 5.32 Å². The summed E-state index contributed by atoms with van der Waals surface area (Å²) in [5, 5.41) is 3.35. The SMILES string of the molecule is CCOC(=O)C(C)CC1CC(=O)CC(C)N1. The maximum Gasteiger partial charge on any atom is 0.308 e. The highest BCUT2D eigenvalue weighted by molar-refractivity contribution is 5.80. The molecule has 0 aromatic rings. The summed E-state index contributed by atoms with van der Waals surface area (Å²) in [5.74, 6) is -0.0298. The summed E-state index contributed by atoms with van der Waals surface area (Å²) in [5.41, 5.74) is 0. The van der Waals surface area contributed by atoms with Gasteiger partial charge in [0, 0.05) is 24.9 Å². The Morgan fingerprint density at radius 2 is 2.25 bits per heavy atom. The van der Waals surface area contributed by atoms with E-state index in [4.69, 9.17) is 4.74 Å². The van der Waals surface area contributed by atoms with Crippen LogP contribution in [-0.2, 0) is 14.3 Å². The number of carbonyl (C=O) groups excluding carboxylic acids is 2. The van der Waals surface area contributed by atoms with Gasteiger partial charge in [-0.3, -0.25) is 9.59 Å². The Morgan fingerprint density at radius 1 is 1.56 bits per heavy atom. The first-order valence-corrected chi connectivity index (χ1v) is 5.97. The van der Waals surface area contributed by atoms with Crippen molar-refractivity contribution in [3.8, 4) is 0 Å². The standard InChI is InChI=1S/C12H21NO3/c1-4-16-12(15)8(2)5-10-7-11(14)6-9(3)13-10/h8-10,13H,4-7H2,1-3H3. The summed E-state index contributed by atoms with van der Waals surface area (Å²) in [6.07, 6.45) is 1.81. The maximum atomic E-state index is 11.4. The smallest absolute Gasteiger partial charge is 0.308 e. The molecule has 3 unspecified atom stereocenters. The van der Waals surface area contributed by atoms with Gasteiger partial charge in [-0.25, -0.2) is 0 Å². The van der Waals surface area contributed by atoms with Crippen molar-refractivity contribution in [2.45, 2.75) is 52.1 Å². The average molecular weight is 227 g/mol. The molecule has 0 saturated carbocycles. The van der Waals surface area contributed by atoms with Gasteiger partial charge in [0.25, 0.3) is 0 Å². The zero-order valence-corrected chi connectivity index (χ0v) is 10.3. The Bertz CT molecular complexity index is 265. The number of hydrogen-bond acceptors (Lipinski definition) is 4. The molecule has 1 rings (SSSR count). The van der Waals surface area contributed by atoms with Crippen LogP contribution >= 0.6 is 0 Å². The molecule has 0 bridgehead atoms. The molecule has 1 saturated heterocycles. The van der Waals surface area contributed by atoms with E-state index < -0.39 is 0 Å². The van der Waals surface area contributed by atoms with Crippen LogP contribution in [0, 0.1) is 5.92 Å². The molecule has 4 heteroatoms. The van der Waals surface area contributed by atoms with Gasteiger partial charge in [-0.15, -0.1) is 0 Å². The Hall–Kier alpha value is -0.900. The van der Waals surface area contributed by atoms with Crippen molar-refractivity contribution in [1.82, 2.24) is 5.32 Å². The zero-order valence-electron chi connectivity index (χ0n) is 10.3. The van der Waals surface area contributed by atoms with Gasteiger partial charge >= 0.3 is 5.97 Å². The van der Waals surface area contributed by atoms with Crippen molar-refractivity contribution in [2.75, 3.05) is 6.61 Å². The molecule has 4 nitrogen and oxygen atoms in total. The van der Waals surface area contributed by atoms with Crippen LogP contribution in [0.4, 0.5) is 0 Å². The molecule has 0 aromatic heterocycles. The molecule has 16 heavy (non-hydrogen) atoms. The number of ketones is 1. The molecular weight excluding hydrogens is 206 g/mol. The monoisotopic (exact) mass is 227 g/mol. The lowest BCUT2D eigenvalue weighted by atomic mass is 9.91. The van der Waals surface area contributed by atoms with E-state index in [2.05, 4.69) is 5.32 Å². The fourth-order valence-corrected chi connectivity index (χ4v) is 2.18. The summed E-state index contributed by atoms with van der Waals surface area (Å²) in [6.45, 7) is 6.06. The number of Topliss-reactive ketones (excluding diaryl/α,β-unsaturated/α-hetero) is 1. The van der Waals surface area contributed by atoms with Gasteiger partial charge in [0.2, 0.25) is 0 Å². The van der Waals surface area contributed by atoms with Gasteiger partial charge in [-0.2, -0.15) is 0 Å². The van der Waals surface area contributed by atoms with Crippen LogP contribution in [-0.4, -0.2) is 30.4 Å². The number of nitrogens with one attached hydrogen (secondary N) is 1. The van der Waals surface area contributed by atoms with Crippen LogP contribution in [0.3, 0.4) is 0 Å². The minimum absolute atomic E-state index is 0.121. The quantitative estimate of drug-likeness (QED) is 0.735. The number of ether oxygens (including phenoxy) is 1. The van der Waals surface area contributed by atoms with Crippen molar-refractivity contribution in [3.05, 3.63) is 0 Å². The maximum absolute atomic E-state index is 11.4. The van der Waals surface area contributed by atoms with Crippen molar-refractivity contribution in [2.24, 2.45) is 5.92 Å². The lowest BCUT2D eigenvalue weighted by molar-refractivity contribution is -0.148. The van der Waals surface area contributed by atoms with E-state index in [0.717, 1.165) is 0 Å². The van der Waals surface area contributed by atoms with Gasteiger partial charge in [0.15, 0.2) is 0 Å². The number of esters is 1. The number of carbonyl (C=O) groups is 2. The predicted molar refractivity (Wildman–Crippen MR) is 61.0 cm³/mol. The molecule has 0 amide bonds. The average Bonchev–Trinajstić information content (AvgIpc) is 2.16. The Balaban J connectivity index is 2.41. The third kappa shape index (κ3) is 3.93. The number of rotatable bonds is 4. The number of hydrogen-bond donors (Lipinski definition) is 1. The second-order valence-corrected chi connectivity index (χ2v) is 4.60. The Labute approximate surface area is 96.7 Å². The van der Waals surface area contributed by atoms with E-state index in [-0.39, 0.29) is 29.8 Å². The van der Waals surface area contributed by atoms with E-state index in [1.54, 1.807) is 6.92 Å². The fourth-order valence-electron chi connectivity index (χ4n) is 2.18. The summed E-state index contributed by atoms with van der Waals surface area (Å²) in [6, 6.07) is 0.344. The van der Waals surface area contributed by atoms with Crippen molar-refractivity contribution in [3.63, 3.8) is 0 Å². The summed E-state index contributed by atoms with van der Waals surface area (Å²) < 4.78 is 4.95. The first-order chi connectivity index (χ1) is 7.52. The fraction of sp³-hybridized carbons (Fsp3) is 0.833. The van der Waals surface area contributed by atoms with Crippen LogP contribution in [0.1, 0.15) is 40.0 Å². The van der Waals surface area contributed by atoms with Gasteiger partial charge in [-0.1, -0.05) is 6.92 Å².